The number of nitrogens with two attached hydrogens (primary N) is 1. The minimum atomic E-state index is 0.343. The number of hydrogen-bond acceptors (Lipinski definition) is 3. The van der Waals surface area contributed by atoms with Gasteiger partial charge < -0.3 is 15.0 Å². The summed E-state index contributed by atoms with van der Waals surface area (Å²) >= 11 is 0. The molecule has 1 aliphatic rings. The standard InChI is InChI=1S/C11H19N3O/c1-13-3-2-10(9-13)11(8-12)14-4-6-15-7-5-14/h2-3,9,11H,4-8,12H2,1H3. The zero-order valence-electron chi connectivity index (χ0n) is 9.22. The van der Waals surface area contributed by atoms with Crippen LogP contribution in [0.5, 0.6) is 0 Å². The molecular weight excluding hydrogens is 190 g/mol. The number of morpholine rings is 1. The average molecular weight is 209 g/mol. The Kier molecular flexibility index (Phi) is 3.41. The molecule has 1 unspecified atom stereocenters. The predicted octanol–water partition coefficient (Wildman–Crippen LogP) is 0.357. The summed E-state index contributed by atoms with van der Waals surface area (Å²) in [6, 6.07) is 2.49. The number of rotatable bonds is 3. The average Bonchev–Trinajstić information content (AvgIpc) is 2.68. The summed E-state index contributed by atoms with van der Waals surface area (Å²) in [5.74, 6) is 0. The van der Waals surface area contributed by atoms with Crippen molar-refractivity contribution in [2.24, 2.45) is 12.8 Å². The van der Waals surface area contributed by atoms with E-state index >= 15 is 0 Å². The second-order valence-corrected chi connectivity index (χ2v) is 4.01. The van der Waals surface area contributed by atoms with Crippen LogP contribution in [0.3, 0.4) is 0 Å². The van der Waals surface area contributed by atoms with E-state index < -0.39 is 0 Å². The highest BCUT2D eigenvalue weighted by Crippen LogP contribution is 2.20. The molecule has 2 heterocycles. The smallest absolute Gasteiger partial charge is 0.0594 e. The van der Waals surface area contributed by atoms with Crippen molar-refractivity contribution in [3.63, 3.8) is 0 Å². The molecule has 0 aromatic carbocycles. The van der Waals surface area contributed by atoms with Crippen LogP contribution >= 0.6 is 0 Å². The largest absolute Gasteiger partial charge is 0.379 e. The van der Waals surface area contributed by atoms with Gasteiger partial charge in [0.25, 0.3) is 0 Å². The van der Waals surface area contributed by atoms with Gasteiger partial charge in [0.2, 0.25) is 0 Å². The fourth-order valence-corrected chi connectivity index (χ4v) is 2.11. The molecule has 0 radical (unpaired) electrons. The molecule has 0 aliphatic carbocycles. The maximum atomic E-state index is 5.85. The van der Waals surface area contributed by atoms with E-state index in [0.717, 1.165) is 26.3 Å². The van der Waals surface area contributed by atoms with Crippen molar-refractivity contribution in [1.29, 1.82) is 0 Å². The third-order valence-corrected chi connectivity index (χ3v) is 2.95. The first-order chi connectivity index (χ1) is 7.31. The molecule has 1 fully saturated rings. The Labute approximate surface area is 90.6 Å². The molecule has 0 saturated carbocycles. The number of hydrogen-bond donors (Lipinski definition) is 1. The molecule has 1 aliphatic heterocycles. The Balaban J connectivity index is 2.08. The van der Waals surface area contributed by atoms with E-state index in [1.165, 1.54) is 5.56 Å². The molecule has 1 aromatic heterocycles. The van der Waals surface area contributed by atoms with Crippen LogP contribution < -0.4 is 5.73 Å². The Morgan fingerprint density at radius 1 is 1.47 bits per heavy atom. The van der Waals surface area contributed by atoms with Gasteiger partial charge in [-0.25, -0.2) is 0 Å². The van der Waals surface area contributed by atoms with Crippen LogP contribution in [0.25, 0.3) is 0 Å². The molecule has 0 amide bonds. The molecule has 0 spiro atoms. The number of ether oxygens (including phenoxy) is 1. The van der Waals surface area contributed by atoms with E-state index in [-0.39, 0.29) is 0 Å². The minimum Gasteiger partial charge on any atom is -0.379 e. The van der Waals surface area contributed by atoms with E-state index in [0.29, 0.717) is 12.6 Å². The third kappa shape index (κ3) is 2.40. The summed E-state index contributed by atoms with van der Waals surface area (Å²) in [5, 5.41) is 0. The van der Waals surface area contributed by atoms with E-state index in [1.807, 2.05) is 7.05 Å². The maximum absolute atomic E-state index is 5.85. The first-order valence-corrected chi connectivity index (χ1v) is 5.45. The van der Waals surface area contributed by atoms with Gasteiger partial charge in [0, 0.05) is 45.1 Å². The van der Waals surface area contributed by atoms with Crippen LogP contribution in [0.2, 0.25) is 0 Å². The van der Waals surface area contributed by atoms with Crippen LogP contribution in [0.1, 0.15) is 11.6 Å². The van der Waals surface area contributed by atoms with Crippen LogP contribution in [0, 0.1) is 0 Å². The summed E-state index contributed by atoms with van der Waals surface area (Å²) in [6.07, 6.45) is 4.21. The van der Waals surface area contributed by atoms with Crippen molar-refractivity contribution >= 4 is 0 Å². The lowest BCUT2D eigenvalue weighted by molar-refractivity contribution is 0.0179. The molecule has 1 aromatic rings. The number of aryl methyl sites for hydroxylation is 1. The molecule has 2 rings (SSSR count). The fraction of sp³-hybridized carbons (Fsp3) is 0.636. The van der Waals surface area contributed by atoms with Crippen LogP contribution in [0.15, 0.2) is 18.5 Å². The summed E-state index contributed by atoms with van der Waals surface area (Å²) in [4.78, 5) is 2.40. The summed E-state index contributed by atoms with van der Waals surface area (Å²) in [7, 11) is 2.04. The molecule has 84 valence electrons. The zero-order chi connectivity index (χ0) is 10.7. The minimum absolute atomic E-state index is 0.343. The third-order valence-electron chi connectivity index (χ3n) is 2.95. The van der Waals surface area contributed by atoms with Gasteiger partial charge in [-0.2, -0.15) is 0 Å². The van der Waals surface area contributed by atoms with Crippen molar-refractivity contribution < 1.29 is 4.74 Å². The number of nitrogens with zero attached hydrogens (tertiary/aromatic N) is 2. The molecule has 15 heavy (non-hydrogen) atoms. The van der Waals surface area contributed by atoms with E-state index in [9.17, 15) is 0 Å². The Hall–Kier alpha value is -0.840. The van der Waals surface area contributed by atoms with Gasteiger partial charge in [-0.05, 0) is 11.6 Å². The monoisotopic (exact) mass is 209 g/mol. The molecule has 1 saturated heterocycles. The maximum Gasteiger partial charge on any atom is 0.0594 e. The lowest BCUT2D eigenvalue weighted by Crippen LogP contribution is -2.41. The quantitative estimate of drug-likeness (QED) is 0.781. The van der Waals surface area contributed by atoms with Gasteiger partial charge >= 0.3 is 0 Å². The van der Waals surface area contributed by atoms with Crippen LogP contribution in [-0.4, -0.2) is 42.3 Å². The van der Waals surface area contributed by atoms with Gasteiger partial charge in [-0.15, -0.1) is 0 Å². The summed E-state index contributed by atoms with van der Waals surface area (Å²) in [6.45, 7) is 4.28. The normalized spacial score (nSPS) is 20.4. The molecule has 4 nitrogen and oxygen atoms in total. The van der Waals surface area contributed by atoms with Gasteiger partial charge in [0.05, 0.1) is 13.2 Å². The molecule has 2 N–H and O–H groups in total. The topological polar surface area (TPSA) is 43.4 Å². The van der Waals surface area contributed by atoms with Gasteiger partial charge in [-0.1, -0.05) is 0 Å². The molecule has 0 bridgehead atoms. The van der Waals surface area contributed by atoms with E-state index in [2.05, 4.69) is 27.9 Å². The summed E-state index contributed by atoms with van der Waals surface area (Å²) < 4.78 is 7.42. The van der Waals surface area contributed by atoms with Gasteiger partial charge in [0.1, 0.15) is 0 Å². The van der Waals surface area contributed by atoms with Gasteiger partial charge in [-0.3, -0.25) is 4.90 Å². The van der Waals surface area contributed by atoms with Crippen LogP contribution in [-0.2, 0) is 11.8 Å². The second kappa shape index (κ2) is 4.79. The Bertz CT molecular complexity index is 305. The Morgan fingerprint density at radius 3 is 2.73 bits per heavy atom. The van der Waals surface area contributed by atoms with Crippen molar-refractivity contribution in [2.45, 2.75) is 6.04 Å². The number of aromatic nitrogens is 1. The summed E-state index contributed by atoms with van der Waals surface area (Å²) in [5.41, 5.74) is 7.16. The lowest BCUT2D eigenvalue weighted by Gasteiger charge is -2.33. The highest BCUT2D eigenvalue weighted by Gasteiger charge is 2.21. The molecule has 1 atom stereocenters. The molecule has 4 heteroatoms. The van der Waals surface area contributed by atoms with Crippen molar-refractivity contribution in [1.82, 2.24) is 9.47 Å². The van der Waals surface area contributed by atoms with Gasteiger partial charge in [0.15, 0.2) is 0 Å². The van der Waals surface area contributed by atoms with Crippen molar-refractivity contribution in [2.75, 3.05) is 32.8 Å². The first kappa shape index (κ1) is 10.7. The SMILES string of the molecule is Cn1ccc(C(CN)N2CCOCC2)c1. The lowest BCUT2D eigenvalue weighted by atomic mass is 10.1. The first-order valence-electron chi connectivity index (χ1n) is 5.45. The van der Waals surface area contributed by atoms with Crippen molar-refractivity contribution in [3.8, 4) is 0 Å². The van der Waals surface area contributed by atoms with E-state index in [1.54, 1.807) is 0 Å². The fourth-order valence-electron chi connectivity index (χ4n) is 2.11. The van der Waals surface area contributed by atoms with Crippen molar-refractivity contribution in [3.05, 3.63) is 24.0 Å². The van der Waals surface area contributed by atoms with Crippen LogP contribution in [0.4, 0.5) is 0 Å². The highest BCUT2D eigenvalue weighted by atomic mass is 16.5. The second-order valence-electron chi connectivity index (χ2n) is 4.01. The van der Waals surface area contributed by atoms with E-state index in [4.69, 9.17) is 10.5 Å². The highest BCUT2D eigenvalue weighted by molar-refractivity contribution is 5.16. The molecular formula is C11H19N3O. The zero-order valence-corrected chi connectivity index (χ0v) is 9.22. The Morgan fingerprint density at radius 2 is 2.20 bits per heavy atom. The predicted molar refractivity (Wildman–Crippen MR) is 59.6 cm³/mol.